The van der Waals surface area contributed by atoms with Gasteiger partial charge in [0.05, 0.1) is 5.41 Å². The van der Waals surface area contributed by atoms with E-state index in [2.05, 4.69) is 30.2 Å². The number of aliphatic hydroxyl groups excluding tert-OH is 1. The molecule has 2 N–H and O–H groups in total. The summed E-state index contributed by atoms with van der Waals surface area (Å²) in [4.78, 5) is 2.49. The lowest BCUT2D eigenvalue weighted by Crippen LogP contribution is -2.79. The number of phenols is 1. The number of fused-ring (bicyclic) bond motifs is 1. The first-order chi connectivity index (χ1) is 12.5. The van der Waals surface area contributed by atoms with Gasteiger partial charge in [0.15, 0.2) is 11.5 Å². The lowest BCUT2D eigenvalue weighted by atomic mass is 9.37. The van der Waals surface area contributed by atoms with Crippen LogP contribution in [-0.4, -0.2) is 60.2 Å². The van der Waals surface area contributed by atoms with Gasteiger partial charge in [-0.2, -0.15) is 0 Å². The van der Waals surface area contributed by atoms with Crippen molar-refractivity contribution in [3.63, 3.8) is 0 Å². The Balaban J connectivity index is 1.73. The molecule has 1 saturated heterocycles. The number of aliphatic hydroxyl groups is 1. The van der Waals surface area contributed by atoms with E-state index in [4.69, 9.17) is 9.47 Å². The van der Waals surface area contributed by atoms with Gasteiger partial charge >= 0.3 is 0 Å². The summed E-state index contributed by atoms with van der Waals surface area (Å²) in [6.07, 6.45) is 7.19. The Morgan fingerprint density at radius 2 is 2.19 bits per heavy atom. The molecule has 2 heterocycles. The van der Waals surface area contributed by atoms with E-state index in [1.165, 1.54) is 11.1 Å². The van der Waals surface area contributed by atoms with E-state index in [1.807, 2.05) is 0 Å². The van der Waals surface area contributed by atoms with E-state index >= 15 is 0 Å². The van der Waals surface area contributed by atoms with Gasteiger partial charge in [-0.1, -0.05) is 18.2 Å². The largest absolute Gasteiger partial charge is 0.504 e. The van der Waals surface area contributed by atoms with E-state index in [1.54, 1.807) is 13.2 Å². The smallest absolute Gasteiger partial charge is 0.165 e. The Kier molecular flexibility index (Phi) is 2.66. The van der Waals surface area contributed by atoms with Gasteiger partial charge < -0.3 is 24.6 Å². The highest BCUT2D eigenvalue weighted by Gasteiger charge is 2.78. The number of rotatable bonds is 2. The predicted octanol–water partition coefficient (Wildman–Crippen LogP) is 1.60. The average Bonchev–Trinajstić information content (AvgIpc) is 3.03. The lowest BCUT2D eigenvalue weighted by Gasteiger charge is -2.71. The minimum absolute atomic E-state index is 0.00244. The van der Waals surface area contributed by atoms with Crippen LogP contribution >= 0.6 is 0 Å². The van der Waals surface area contributed by atoms with Crippen LogP contribution in [0.25, 0.3) is 0 Å². The fourth-order valence-corrected chi connectivity index (χ4v) is 7.41. The van der Waals surface area contributed by atoms with Crippen LogP contribution in [-0.2, 0) is 16.6 Å². The zero-order valence-corrected chi connectivity index (χ0v) is 15.2. The number of likely N-dealkylation sites (tertiary alicyclic amines) is 1. The van der Waals surface area contributed by atoms with E-state index in [0.29, 0.717) is 11.8 Å². The van der Waals surface area contributed by atoms with E-state index in [0.717, 1.165) is 25.8 Å². The first-order valence-electron chi connectivity index (χ1n) is 9.63. The topological polar surface area (TPSA) is 62.2 Å². The zero-order valence-electron chi connectivity index (χ0n) is 15.2. The summed E-state index contributed by atoms with van der Waals surface area (Å²) >= 11 is 0. The van der Waals surface area contributed by atoms with Crippen LogP contribution in [0.15, 0.2) is 24.3 Å². The van der Waals surface area contributed by atoms with Crippen LogP contribution in [0.5, 0.6) is 11.5 Å². The van der Waals surface area contributed by atoms with Gasteiger partial charge in [-0.05, 0) is 44.5 Å². The van der Waals surface area contributed by atoms with E-state index in [-0.39, 0.29) is 35.2 Å². The number of ether oxygens (including phenoxy) is 2. The van der Waals surface area contributed by atoms with Crippen LogP contribution in [0.2, 0.25) is 0 Å². The lowest BCUT2D eigenvalue weighted by molar-refractivity contribution is -0.219. The van der Waals surface area contributed by atoms with Gasteiger partial charge in [0, 0.05) is 36.7 Å². The zero-order chi connectivity index (χ0) is 17.9. The van der Waals surface area contributed by atoms with Crippen molar-refractivity contribution in [2.75, 3.05) is 27.3 Å². The van der Waals surface area contributed by atoms with Gasteiger partial charge in [0.25, 0.3) is 0 Å². The quantitative estimate of drug-likeness (QED) is 0.789. The highest BCUT2D eigenvalue weighted by atomic mass is 16.6. The summed E-state index contributed by atoms with van der Waals surface area (Å²) in [6.45, 7) is 1.10. The van der Waals surface area contributed by atoms with Crippen molar-refractivity contribution in [2.24, 2.45) is 11.3 Å². The number of methoxy groups -OCH3 is 1. The molecule has 0 aromatic heterocycles. The van der Waals surface area contributed by atoms with Crippen LogP contribution < -0.4 is 4.74 Å². The van der Waals surface area contributed by atoms with Crippen molar-refractivity contribution in [3.8, 4) is 11.5 Å². The molecule has 5 nitrogen and oxygen atoms in total. The highest BCUT2D eigenvalue weighted by Crippen LogP contribution is 2.74. The van der Waals surface area contributed by atoms with E-state index in [9.17, 15) is 10.2 Å². The molecule has 4 aliphatic carbocycles. The minimum Gasteiger partial charge on any atom is -0.504 e. The van der Waals surface area contributed by atoms with Gasteiger partial charge in [-0.15, -0.1) is 0 Å². The van der Waals surface area contributed by atoms with Crippen LogP contribution in [0, 0.1) is 11.3 Å². The van der Waals surface area contributed by atoms with Gasteiger partial charge in [0.1, 0.15) is 11.7 Å². The first kappa shape index (κ1) is 15.5. The molecule has 0 amide bonds. The summed E-state index contributed by atoms with van der Waals surface area (Å²) in [6, 6.07) is 4.23. The summed E-state index contributed by atoms with van der Waals surface area (Å²) in [5.41, 5.74) is 1.62. The molecular formula is C21H25NO4. The number of phenolic OH excluding ortho intramolecular Hbond substituents is 1. The van der Waals surface area contributed by atoms with Gasteiger partial charge in [0.2, 0.25) is 0 Å². The molecule has 6 aliphatic rings. The Bertz CT molecular complexity index is 853. The molecule has 7 rings (SSSR count). The maximum atomic E-state index is 10.6. The SMILES string of the molecule is CO[C@@]12C=C[C@]3(C[C@@H]1CO)[C@@H]1Cc4ccc(O)c5c4[C@@]3(CCN1C)[C@@H]2O5. The predicted molar refractivity (Wildman–Crippen MR) is 95.4 cm³/mol. The molecule has 2 aliphatic heterocycles. The van der Waals surface area contributed by atoms with Crippen LogP contribution in [0.3, 0.4) is 0 Å². The van der Waals surface area contributed by atoms with Crippen molar-refractivity contribution in [1.29, 1.82) is 0 Å². The molecule has 2 fully saturated rings. The number of likely N-dealkylation sites (N-methyl/N-ethyl adjacent to an activating group) is 1. The van der Waals surface area contributed by atoms with Crippen molar-refractivity contribution in [2.45, 2.75) is 42.4 Å². The molecule has 2 spiro atoms. The minimum atomic E-state index is -0.642. The summed E-state index contributed by atoms with van der Waals surface area (Å²) < 4.78 is 12.7. The molecule has 5 heteroatoms. The number of nitrogens with zero attached hydrogens (tertiary/aromatic N) is 1. The fraction of sp³-hybridized carbons (Fsp3) is 0.619. The molecule has 0 unspecified atom stereocenters. The maximum Gasteiger partial charge on any atom is 0.165 e. The maximum absolute atomic E-state index is 10.6. The standard InChI is InChI=1S/C21H25NO4/c1-22-8-7-20-16-12-3-4-14(24)17(16)26-18(20)21(25-2)6-5-19(20,15(22)9-12)10-13(21)11-23/h3-6,13,15,18,23-24H,7-11H2,1-2H3/t13-,15+,18+,19+,20+,21+/m1/s1. The Morgan fingerprint density at radius 3 is 2.96 bits per heavy atom. The van der Waals surface area contributed by atoms with Crippen LogP contribution in [0.1, 0.15) is 24.0 Å². The highest BCUT2D eigenvalue weighted by molar-refractivity contribution is 5.65. The van der Waals surface area contributed by atoms with Crippen LogP contribution in [0.4, 0.5) is 0 Å². The molecule has 1 saturated carbocycles. The van der Waals surface area contributed by atoms with E-state index < -0.39 is 5.60 Å². The van der Waals surface area contributed by atoms with Crippen molar-refractivity contribution < 1.29 is 19.7 Å². The molecule has 4 bridgehead atoms. The summed E-state index contributed by atoms with van der Waals surface area (Å²) in [7, 11) is 3.95. The number of hydrogen-bond donors (Lipinski definition) is 2. The molecular weight excluding hydrogens is 330 g/mol. The monoisotopic (exact) mass is 355 g/mol. The molecule has 138 valence electrons. The number of benzene rings is 1. The van der Waals surface area contributed by atoms with Crippen molar-refractivity contribution >= 4 is 0 Å². The third-order valence-electron chi connectivity index (χ3n) is 8.43. The molecule has 26 heavy (non-hydrogen) atoms. The number of piperidine rings is 1. The second-order valence-corrected chi connectivity index (χ2v) is 8.88. The van der Waals surface area contributed by atoms with Crippen molar-refractivity contribution in [1.82, 2.24) is 4.90 Å². The fourth-order valence-electron chi connectivity index (χ4n) is 7.41. The Morgan fingerprint density at radius 1 is 1.35 bits per heavy atom. The second-order valence-electron chi connectivity index (χ2n) is 8.88. The molecule has 1 aromatic carbocycles. The molecule has 6 atom stereocenters. The Labute approximate surface area is 153 Å². The molecule has 0 radical (unpaired) electrons. The summed E-state index contributed by atoms with van der Waals surface area (Å²) in [5.74, 6) is 0.887. The van der Waals surface area contributed by atoms with Gasteiger partial charge in [-0.25, -0.2) is 0 Å². The normalized spacial score (nSPS) is 47.0. The third kappa shape index (κ3) is 1.29. The second kappa shape index (κ2) is 4.46. The van der Waals surface area contributed by atoms with Crippen molar-refractivity contribution in [3.05, 3.63) is 35.4 Å². The summed E-state index contributed by atoms with van der Waals surface area (Å²) in [5, 5.41) is 20.8. The number of hydrogen-bond acceptors (Lipinski definition) is 5. The van der Waals surface area contributed by atoms with Gasteiger partial charge in [-0.3, -0.25) is 0 Å². The number of aromatic hydroxyl groups is 1. The third-order valence-corrected chi connectivity index (χ3v) is 8.43. The first-order valence-corrected chi connectivity index (χ1v) is 9.63. The Hall–Kier alpha value is -1.56. The molecule has 1 aromatic rings. The average molecular weight is 355 g/mol.